The van der Waals surface area contributed by atoms with Crippen molar-refractivity contribution in [3.05, 3.63) is 11.6 Å². The van der Waals surface area contributed by atoms with Gasteiger partial charge in [-0.2, -0.15) is 0 Å². The fourth-order valence-electron chi connectivity index (χ4n) is 4.16. The highest BCUT2D eigenvalue weighted by Crippen LogP contribution is 2.58. The minimum atomic E-state index is 0.187. The Hall–Kier alpha value is -0.300. The Morgan fingerprint density at radius 1 is 1.46 bits per heavy atom. The maximum Gasteiger partial charge on any atom is 0.0168 e. The Kier molecular flexibility index (Phi) is 1.36. The highest BCUT2D eigenvalue weighted by Gasteiger charge is 2.50. The van der Waals surface area contributed by atoms with Gasteiger partial charge in [-0.25, -0.2) is 0 Å². The van der Waals surface area contributed by atoms with Gasteiger partial charge >= 0.3 is 0 Å². The first-order chi connectivity index (χ1) is 6.09. The zero-order valence-electron chi connectivity index (χ0n) is 8.47. The fraction of sp³-hybridized carbons (Fsp3) is 0.833. The maximum atomic E-state index is 6.47. The van der Waals surface area contributed by atoms with E-state index in [2.05, 4.69) is 13.0 Å². The van der Waals surface area contributed by atoms with E-state index in [1.165, 1.54) is 38.5 Å². The van der Waals surface area contributed by atoms with Crippen LogP contribution in [0.4, 0.5) is 0 Å². The summed E-state index contributed by atoms with van der Waals surface area (Å²) in [5.41, 5.74) is 8.96. The zero-order valence-corrected chi connectivity index (χ0v) is 8.47. The highest BCUT2D eigenvalue weighted by atomic mass is 14.8. The van der Waals surface area contributed by atoms with Crippen molar-refractivity contribution in [1.82, 2.24) is 0 Å². The van der Waals surface area contributed by atoms with Crippen LogP contribution < -0.4 is 5.73 Å². The molecule has 3 aliphatic rings. The molecule has 0 saturated heterocycles. The molecule has 0 spiro atoms. The Morgan fingerprint density at radius 3 is 3.15 bits per heavy atom. The lowest BCUT2D eigenvalue weighted by molar-refractivity contribution is 0.139. The van der Waals surface area contributed by atoms with Gasteiger partial charge < -0.3 is 5.73 Å². The first kappa shape index (κ1) is 8.05. The van der Waals surface area contributed by atoms with Crippen LogP contribution in [0.3, 0.4) is 0 Å². The van der Waals surface area contributed by atoms with E-state index in [1.54, 1.807) is 5.57 Å². The van der Waals surface area contributed by atoms with Gasteiger partial charge in [0.2, 0.25) is 0 Å². The molecule has 0 aromatic rings. The predicted molar refractivity (Wildman–Crippen MR) is 54.3 cm³/mol. The molecule has 0 heterocycles. The molecule has 2 fully saturated rings. The van der Waals surface area contributed by atoms with Gasteiger partial charge in [-0.1, -0.05) is 18.6 Å². The molecule has 0 aromatic heterocycles. The molecule has 3 bridgehead atoms. The standard InChI is InChI=1S/C12H19N/c1-11-5-9-3-2-4-12(13,8-11)7-10(9)6-11/h3,10H,2,4-8,13H2,1H3. The third-order valence-electron chi connectivity index (χ3n) is 4.37. The fourth-order valence-corrected chi connectivity index (χ4v) is 4.16. The van der Waals surface area contributed by atoms with Crippen LogP contribution >= 0.6 is 0 Å². The van der Waals surface area contributed by atoms with Crippen LogP contribution in [0.5, 0.6) is 0 Å². The average molecular weight is 177 g/mol. The van der Waals surface area contributed by atoms with Gasteiger partial charge in [-0.15, -0.1) is 0 Å². The van der Waals surface area contributed by atoms with E-state index >= 15 is 0 Å². The van der Waals surface area contributed by atoms with E-state index in [4.69, 9.17) is 5.73 Å². The number of allylic oxidation sites excluding steroid dienone is 2. The molecule has 72 valence electrons. The predicted octanol–water partition coefficient (Wildman–Crippen LogP) is 2.61. The second-order valence-electron chi connectivity index (χ2n) is 5.95. The van der Waals surface area contributed by atoms with Crippen molar-refractivity contribution in [1.29, 1.82) is 0 Å². The summed E-state index contributed by atoms with van der Waals surface area (Å²) in [7, 11) is 0. The molecule has 0 aliphatic heterocycles. The van der Waals surface area contributed by atoms with Crippen molar-refractivity contribution < 1.29 is 0 Å². The van der Waals surface area contributed by atoms with Gasteiger partial charge in [-0.3, -0.25) is 0 Å². The molecule has 0 amide bonds. The summed E-state index contributed by atoms with van der Waals surface area (Å²) >= 11 is 0. The molecular formula is C12H19N. The molecule has 0 aromatic carbocycles. The Balaban J connectivity index is 2.07. The van der Waals surface area contributed by atoms with Gasteiger partial charge in [0.1, 0.15) is 0 Å². The Bertz CT molecular complexity index is 281. The van der Waals surface area contributed by atoms with E-state index in [0.717, 1.165) is 5.92 Å². The smallest absolute Gasteiger partial charge is 0.0168 e. The van der Waals surface area contributed by atoms with E-state index in [9.17, 15) is 0 Å². The van der Waals surface area contributed by atoms with Crippen molar-refractivity contribution in [2.24, 2.45) is 17.1 Å². The van der Waals surface area contributed by atoms with E-state index in [0.29, 0.717) is 5.41 Å². The Morgan fingerprint density at radius 2 is 2.31 bits per heavy atom. The third kappa shape index (κ3) is 1.10. The van der Waals surface area contributed by atoms with Crippen LogP contribution in [-0.4, -0.2) is 5.54 Å². The van der Waals surface area contributed by atoms with Gasteiger partial charge in [0.05, 0.1) is 0 Å². The van der Waals surface area contributed by atoms with E-state index < -0.39 is 0 Å². The molecule has 1 nitrogen and oxygen atoms in total. The molecule has 3 rings (SSSR count). The molecule has 3 unspecified atom stereocenters. The summed E-state index contributed by atoms with van der Waals surface area (Å²) in [6, 6.07) is 0. The second-order valence-corrected chi connectivity index (χ2v) is 5.95. The molecular weight excluding hydrogens is 158 g/mol. The Labute approximate surface area is 80.4 Å². The monoisotopic (exact) mass is 177 g/mol. The van der Waals surface area contributed by atoms with Gasteiger partial charge in [0.15, 0.2) is 0 Å². The van der Waals surface area contributed by atoms with Crippen molar-refractivity contribution in [2.45, 2.75) is 51.0 Å². The SMILES string of the molecule is CC12CC3=CCCC(N)(CC3C1)C2. The lowest BCUT2D eigenvalue weighted by Crippen LogP contribution is -2.47. The largest absolute Gasteiger partial charge is 0.325 e. The minimum absolute atomic E-state index is 0.187. The van der Waals surface area contributed by atoms with Crippen LogP contribution in [0.2, 0.25) is 0 Å². The summed E-state index contributed by atoms with van der Waals surface area (Å²) in [5, 5.41) is 0. The number of hydrogen-bond acceptors (Lipinski definition) is 1. The number of rotatable bonds is 0. The first-order valence-electron chi connectivity index (χ1n) is 5.57. The number of nitrogens with two attached hydrogens (primary N) is 1. The zero-order chi connectivity index (χ0) is 9.10. The summed E-state index contributed by atoms with van der Waals surface area (Å²) < 4.78 is 0. The maximum absolute atomic E-state index is 6.47. The first-order valence-corrected chi connectivity index (χ1v) is 5.57. The highest BCUT2D eigenvalue weighted by molar-refractivity contribution is 5.24. The molecule has 2 saturated carbocycles. The van der Waals surface area contributed by atoms with Crippen molar-refractivity contribution in [3.8, 4) is 0 Å². The average Bonchev–Trinajstić information content (AvgIpc) is 2.13. The quantitative estimate of drug-likeness (QED) is 0.565. The number of hydrogen-bond donors (Lipinski definition) is 1. The van der Waals surface area contributed by atoms with Crippen LogP contribution in [0, 0.1) is 11.3 Å². The molecule has 13 heavy (non-hydrogen) atoms. The van der Waals surface area contributed by atoms with Crippen molar-refractivity contribution >= 4 is 0 Å². The van der Waals surface area contributed by atoms with Crippen LogP contribution in [-0.2, 0) is 0 Å². The van der Waals surface area contributed by atoms with Gasteiger partial charge in [0, 0.05) is 5.54 Å². The lowest BCUT2D eigenvalue weighted by Gasteiger charge is -2.42. The van der Waals surface area contributed by atoms with E-state index in [-0.39, 0.29) is 5.54 Å². The normalized spacial score (nSPS) is 53.4. The second kappa shape index (κ2) is 2.20. The minimum Gasteiger partial charge on any atom is -0.325 e. The lowest BCUT2D eigenvalue weighted by atomic mass is 9.67. The third-order valence-corrected chi connectivity index (χ3v) is 4.37. The van der Waals surface area contributed by atoms with Gasteiger partial charge in [0.25, 0.3) is 0 Å². The van der Waals surface area contributed by atoms with Gasteiger partial charge in [-0.05, 0) is 49.9 Å². The van der Waals surface area contributed by atoms with E-state index in [1.807, 2.05) is 0 Å². The van der Waals surface area contributed by atoms with Crippen LogP contribution in [0.1, 0.15) is 45.4 Å². The molecule has 0 radical (unpaired) electrons. The summed E-state index contributed by atoms with van der Waals surface area (Å²) in [4.78, 5) is 0. The van der Waals surface area contributed by atoms with Crippen molar-refractivity contribution in [2.75, 3.05) is 0 Å². The molecule has 3 atom stereocenters. The topological polar surface area (TPSA) is 26.0 Å². The summed E-state index contributed by atoms with van der Waals surface area (Å²) in [5.74, 6) is 0.853. The summed E-state index contributed by atoms with van der Waals surface area (Å²) in [6.07, 6.45) is 10.3. The van der Waals surface area contributed by atoms with Crippen molar-refractivity contribution in [3.63, 3.8) is 0 Å². The molecule has 2 N–H and O–H groups in total. The van der Waals surface area contributed by atoms with Crippen LogP contribution in [0.25, 0.3) is 0 Å². The molecule has 3 aliphatic carbocycles. The summed E-state index contributed by atoms with van der Waals surface area (Å²) in [6.45, 7) is 2.44. The molecule has 1 heteroatoms. The van der Waals surface area contributed by atoms with Crippen LogP contribution in [0.15, 0.2) is 11.6 Å². The number of fused-ring (bicyclic) bond motifs is 2.